The predicted octanol–water partition coefficient (Wildman–Crippen LogP) is 1.38. The number of pyridine rings is 1. The molecule has 0 atom stereocenters. The first-order valence-corrected chi connectivity index (χ1v) is 4.49. The summed E-state index contributed by atoms with van der Waals surface area (Å²) in [6, 6.07) is 3.82. The number of anilines is 1. The second-order valence-corrected chi connectivity index (χ2v) is 3.28. The van der Waals surface area contributed by atoms with Crippen LogP contribution in [0, 0.1) is 0 Å². The van der Waals surface area contributed by atoms with Gasteiger partial charge in [-0.2, -0.15) is 0 Å². The van der Waals surface area contributed by atoms with Gasteiger partial charge >= 0.3 is 0 Å². The summed E-state index contributed by atoms with van der Waals surface area (Å²) in [5.74, 6) is 0.187. The summed E-state index contributed by atoms with van der Waals surface area (Å²) >= 11 is 0. The van der Waals surface area contributed by atoms with Gasteiger partial charge in [0.15, 0.2) is 0 Å². The number of fused-ring (bicyclic) bond motifs is 1. The Morgan fingerprint density at radius 1 is 1.46 bits per heavy atom. The zero-order chi connectivity index (χ0) is 9.26. The number of aryl methyl sites for hydroxylation is 1. The summed E-state index contributed by atoms with van der Waals surface area (Å²) in [7, 11) is 1.81. The van der Waals surface area contributed by atoms with Crippen molar-refractivity contribution in [1.29, 1.82) is 0 Å². The van der Waals surface area contributed by atoms with E-state index in [1.807, 2.05) is 19.2 Å². The minimum absolute atomic E-state index is 0.187. The second kappa shape index (κ2) is 3.17. The highest BCUT2D eigenvalue weighted by Gasteiger charge is 2.18. The number of hydrogen-bond donors (Lipinski definition) is 0. The second-order valence-electron chi connectivity index (χ2n) is 3.28. The average molecular weight is 176 g/mol. The van der Waals surface area contributed by atoms with Gasteiger partial charge in [0, 0.05) is 19.7 Å². The lowest BCUT2D eigenvalue weighted by Crippen LogP contribution is -2.25. The Hall–Kier alpha value is -1.38. The van der Waals surface area contributed by atoms with Crippen molar-refractivity contribution in [3.05, 3.63) is 24.0 Å². The standard InChI is InChI=1S/C10H12N2O/c1-12-9-5-3-7-11-8(9)4-2-6-10(12)13/h3,5,7H,2,4,6H2,1H3. The van der Waals surface area contributed by atoms with Crippen LogP contribution in [0.25, 0.3) is 0 Å². The number of hydrogen-bond acceptors (Lipinski definition) is 2. The summed E-state index contributed by atoms with van der Waals surface area (Å²) < 4.78 is 0. The molecule has 0 saturated carbocycles. The summed E-state index contributed by atoms with van der Waals surface area (Å²) in [5, 5.41) is 0. The SMILES string of the molecule is CN1C(=O)CCCc2ncccc21. The number of carbonyl (C=O) groups excluding carboxylic acids is 1. The van der Waals surface area contributed by atoms with Gasteiger partial charge in [-0.3, -0.25) is 9.78 Å². The minimum atomic E-state index is 0.187. The molecule has 0 unspecified atom stereocenters. The third kappa shape index (κ3) is 1.41. The average Bonchev–Trinajstić information content (AvgIpc) is 2.29. The van der Waals surface area contributed by atoms with Crippen LogP contribution in [0.4, 0.5) is 5.69 Å². The molecule has 0 N–H and O–H groups in total. The van der Waals surface area contributed by atoms with Gasteiger partial charge in [-0.1, -0.05) is 0 Å². The topological polar surface area (TPSA) is 33.2 Å². The van der Waals surface area contributed by atoms with Crippen LogP contribution >= 0.6 is 0 Å². The van der Waals surface area contributed by atoms with Crippen molar-refractivity contribution >= 4 is 11.6 Å². The zero-order valence-electron chi connectivity index (χ0n) is 7.66. The number of amides is 1. The minimum Gasteiger partial charge on any atom is -0.314 e. The van der Waals surface area contributed by atoms with Crippen molar-refractivity contribution < 1.29 is 4.79 Å². The Bertz CT molecular complexity index is 335. The van der Waals surface area contributed by atoms with E-state index < -0.39 is 0 Å². The van der Waals surface area contributed by atoms with E-state index in [0.717, 1.165) is 24.2 Å². The monoisotopic (exact) mass is 176 g/mol. The first kappa shape index (κ1) is 8.23. The maximum absolute atomic E-state index is 11.5. The van der Waals surface area contributed by atoms with E-state index in [1.165, 1.54) is 0 Å². The molecule has 13 heavy (non-hydrogen) atoms. The van der Waals surface area contributed by atoms with Gasteiger partial charge in [0.1, 0.15) is 0 Å². The normalized spacial score (nSPS) is 16.7. The molecule has 1 aromatic rings. The zero-order valence-corrected chi connectivity index (χ0v) is 7.66. The van der Waals surface area contributed by atoms with Crippen molar-refractivity contribution in [2.24, 2.45) is 0 Å². The Balaban J connectivity index is 2.46. The van der Waals surface area contributed by atoms with Crippen molar-refractivity contribution in [2.75, 3.05) is 11.9 Å². The van der Waals surface area contributed by atoms with Crippen LogP contribution in [0.15, 0.2) is 18.3 Å². The molecule has 0 aliphatic carbocycles. The third-order valence-electron chi connectivity index (χ3n) is 2.41. The molecule has 0 fully saturated rings. The molecule has 1 amide bonds. The molecule has 2 rings (SSSR count). The summed E-state index contributed by atoms with van der Waals surface area (Å²) in [5.41, 5.74) is 2.00. The van der Waals surface area contributed by atoms with Crippen molar-refractivity contribution in [1.82, 2.24) is 4.98 Å². The van der Waals surface area contributed by atoms with Gasteiger partial charge in [-0.15, -0.1) is 0 Å². The lowest BCUT2D eigenvalue weighted by molar-refractivity contribution is -0.118. The Kier molecular flexibility index (Phi) is 2.00. The predicted molar refractivity (Wildman–Crippen MR) is 50.6 cm³/mol. The molecule has 1 aromatic heterocycles. The van der Waals surface area contributed by atoms with Crippen LogP contribution in [0.1, 0.15) is 18.5 Å². The molecule has 68 valence electrons. The molecule has 0 spiro atoms. The fraction of sp³-hybridized carbons (Fsp3) is 0.400. The van der Waals surface area contributed by atoms with E-state index in [2.05, 4.69) is 4.98 Å². The Morgan fingerprint density at radius 2 is 2.31 bits per heavy atom. The number of rotatable bonds is 0. The highest BCUT2D eigenvalue weighted by Crippen LogP contribution is 2.23. The van der Waals surface area contributed by atoms with Gasteiger partial charge in [-0.25, -0.2) is 0 Å². The van der Waals surface area contributed by atoms with E-state index in [0.29, 0.717) is 6.42 Å². The maximum Gasteiger partial charge on any atom is 0.226 e. The van der Waals surface area contributed by atoms with E-state index in [-0.39, 0.29) is 5.91 Å². The van der Waals surface area contributed by atoms with Gasteiger partial charge < -0.3 is 4.90 Å². The van der Waals surface area contributed by atoms with Gasteiger partial charge in [0.2, 0.25) is 5.91 Å². The maximum atomic E-state index is 11.5. The smallest absolute Gasteiger partial charge is 0.226 e. The third-order valence-corrected chi connectivity index (χ3v) is 2.41. The van der Waals surface area contributed by atoms with Gasteiger partial charge in [0.05, 0.1) is 11.4 Å². The molecule has 3 heteroatoms. The van der Waals surface area contributed by atoms with E-state index in [1.54, 1.807) is 11.1 Å². The van der Waals surface area contributed by atoms with Crippen LogP contribution in [0.2, 0.25) is 0 Å². The number of aromatic nitrogens is 1. The van der Waals surface area contributed by atoms with Crippen molar-refractivity contribution in [3.63, 3.8) is 0 Å². The lowest BCUT2D eigenvalue weighted by Gasteiger charge is -2.15. The van der Waals surface area contributed by atoms with E-state index in [9.17, 15) is 4.79 Å². The fourth-order valence-corrected chi connectivity index (χ4v) is 1.64. The molecule has 2 heterocycles. The van der Waals surface area contributed by atoms with Crippen LogP contribution in [0.5, 0.6) is 0 Å². The Labute approximate surface area is 77.4 Å². The fourth-order valence-electron chi connectivity index (χ4n) is 1.64. The van der Waals surface area contributed by atoms with Crippen LogP contribution < -0.4 is 4.90 Å². The first-order valence-electron chi connectivity index (χ1n) is 4.49. The molecule has 3 nitrogen and oxygen atoms in total. The molecule has 1 aliphatic heterocycles. The number of nitrogens with zero attached hydrogens (tertiary/aromatic N) is 2. The molecule has 0 bridgehead atoms. The van der Waals surface area contributed by atoms with Crippen LogP contribution in [-0.4, -0.2) is 17.9 Å². The van der Waals surface area contributed by atoms with Crippen LogP contribution in [-0.2, 0) is 11.2 Å². The van der Waals surface area contributed by atoms with Gasteiger partial charge in [0.25, 0.3) is 0 Å². The molecule has 1 aliphatic rings. The highest BCUT2D eigenvalue weighted by molar-refractivity contribution is 5.93. The Morgan fingerprint density at radius 3 is 3.15 bits per heavy atom. The molecule has 0 saturated heterocycles. The van der Waals surface area contributed by atoms with Crippen molar-refractivity contribution in [2.45, 2.75) is 19.3 Å². The van der Waals surface area contributed by atoms with E-state index >= 15 is 0 Å². The number of carbonyl (C=O) groups is 1. The summed E-state index contributed by atoms with van der Waals surface area (Å²) in [6.45, 7) is 0. The molecule has 0 aromatic carbocycles. The summed E-state index contributed by atoms with van der Waals surface area (Å²) in [4.78, 5) is 17.4. The quantitative estimate of drug-likeness (QED) is 0.598. The largest absolute Gasteiger partial charge is 0.314 e. The molecular formula is C10H12N2O. The summed E-state index contributed by atoms with van der Waals surface area (Å²) in [6.07, 6.45) is 4.23. The highest BCUT2D eigenvalue weighted by atomic mass is 16.2. The van der Waals surface area contributed by atoms with Crippen LogP contribution in [0.3, 0.4) is 0 Å². The lowest BCUT2D eigenvalue weighted by atomic mass is 10.2. The van der Waals surface area contributed by atoms with Crippen molar-refractivity contribution in [3.8, 4) is 0 Å². The molecular weight excluding hydrogens is 164 g/mol. The molecule has 0 radical (unpaired) electrons. The van der Waals surface area contributed by atoms with E-state index in [4.69, 9.17) is 0 Å². The van der Waals surface area contributed by atoms with Gasteiger partial charge in [-0.05, 0) is 25.0 Å². The first-order chi connectivity index (χ1) is 6.29.